The summed E-state index contributed by atoms with van der Waals surface area (Å²) < 4.78 is 0. The molecular formula is C11H14ClN5S. The summed E-state index contributed by atoms with van der Waals surface area (Å²) >= 11 is 7.72. The minimum Gasteiger partial charge on any atom is -0.368 e. The number of hydrogen-bond acceptors (Lipinski definition) is 6. The maximum atomic E-state index is 6.10. The number of nitrogens with zero attached hydrogens (tertiary/aromatic N) is 3. The average Bonchev–Trinajstić information content (AvgIpc) is 2.80. The summed E-state index contributed by atoms with van der Waals surface area (Å²) in [4.78, 5) is 12.5. The van der Waals surface area contributed by atoms with Crippen molar-refractivity contribution in [3.63, 3.8) is 0 Å². The van der Waals surface area contributed by atoms with Crippen LogP contribution in [0.5, 0.6) is 0 Å². The second-order valence-corrected chi connectivity index (χ2v) is 5.09. The van der Waals surface area contributed by atoms with Crippen molar-refractivity contribution >= 4 is 34.7 Å². The van der Waals surface area contributed by atoms with Gasteiger partial charge in [0, 0.05) is 5.38 Å². The average molecular weight is 284 g/mol. The van der Waals surface area contributed by atoms with E-state index in [1.807, 2.05) is 0 Å². The number of thiazole rings is 1. The second-order valence-electron chi connectivity index (χ2n) is 3.77. The molecule has 0 aliphatic rings. The zero-order valence-corrected chi connectivity index (χ0v) is 11.8. The zero-order valence-electron chi connectivity index (χ0n) is 10.2. The Labute approximate surface area is 114 Å². The molecular weight excluding hydrogens is 270 g/mol. The largest absolute Gasteiger partial charge is 0.368 e. The standard InChI is InChI=1S/C11H14ClN5S/c1-3-7-5-18-8(16-7)4-14-10-9(12)6(2)15-11(13)17-10/h5H,3-4H2,1-2H3,(H3,13,14,15,17). The lowest BCUT2D eigenvalue weighted by Crippen LogP contribution is -2.06. The molecule has 0 atom stereocenters. The number of aryl methyl sites for hydroxylation is 2. The van der Waals surface area contributed by atoms with Gasteiger partial charge in [-0.3, -0.25) is 0 Å². The van der Waals surface area contributed by atoms with Gasteiger partial charge in [-0.2, -0.15) is 4.98 Å². The van der Waals surface area contributed by atoms with Crippen LogP contribution in [0.25, 0.3) is 0 Å². The van der Waals surface area contributed by atoms with Gasteiger partial charge in [0.2, 0.25) is 5.95 Å². The van der Waals surface area contributed by atoms with Crippen molar-refractivity contribution in [1.29, 1.82) is 0 Å². The summed E-state index contributed by atoms with van der Waals surface area (Å²) in [5.74, 6) is 0.766. The minimum absolute atomic E-state index is 0.216. The van der Waals surface area contributed by atoms with Crippen LogP contribution >= 0.6 is 22.9 Å². The normalized spacial score (nSPS) is 10.6. The molecule has 0 bridgehead atoms. The molecule has 2 heterocycles. The van der Waals surface area contributed by atoms with Crippen LogP contribution in [0, 0.1) is 6.92 Å². The highest BCUT2D eigenvalue weighted by molar-refractivity contribution is 7.09. The van der Waals surface area contributed by atoms with E-state index in [9.17, 15) is 0 Å². The van der Waals surface area contributed by atoms with Crippen LogP contribution in [0.4, 0.5) is 11.8 Å². The van der Waals surface area contributed by atoms with Gasteiger partial charge in [0.25, 0.3) is 0 Å². The highest BCUT2D eigenvalue weighted by atomic mass is 35.5. The number of nitrogens with two attached hydrogens (primary N) is 1. The Bertz CT molecular complexity index is 554. The Morgan fingerprint density at radius 2 is 2.17 bits per heavy atom. The predicted molar refractivity (Wildman–Crippen MR) is 75.0 cm³/mol. The second kappa shape index (κ2) is 5.49. The van der Waals surface area contributed by atoms with Crippen LogP contribution in [0.2, 0.25) is 5.02 Å². The topological polar surface area (TPSA) is 76.7 Å². The number of anilines is 2. The van der Waals surface area contributed by atoms with E-state index >= 15 is 0 Å². The molecule has 0 spiro atoms. The molecule has 2 aromatic heterocycles. The van der Waals surface area contributed by atoms with E-state index < -0.39 is 0 Å². The summed E-state index contributed by atoms with van der Waals surface area (Å²) in [6.45, 7) is 4.46. The lowest BCUT2D eigenvalue weighted by Gasteiger charge is -2.08. The van der Waals surface area contributed by atoms with Crippen LogP contribution in [0.1, 0.15) is 23.3 Å². The van der Waals surface area contributed by atoms with E-state index in [0.29, 0.717) is 23.1 Å². The van der Waals surface area contributed by atoms with Crippen molar-refractivity contribution < 1.29 is 0 Å². The molecule has 96 valence electrons. The summed E-state index contributed by atoms with van der Waals surface area (Å²) in [6, 6.07) is 0. The fourth-order valence-electron chi connectivity index (χ4n) is 1.45. The van der Waals surface area contributed by atoms with Gasteiger partial charge in [-0.25, -0.2) is 9.97 Å². The molecule has 0 aliphatic heterocycles. The van der Waals surface area contributed by atoms with Crippen LogP contribution in [0.3, 0.4) is 0 Å². The van der Waals surface area contributed by atoms with Crippen molar-refractivity contribution in [2.45, 2.75) is 26.8 Å². The van der Waals surface area contributed by atoms with E-state index in [1.165, 1.54) is 0 Å². The first-order valence-electron chi connectivity index (χ1n) is 5.57. The highest BCUT2D eigenvalue weighted by Gasteiger charge is 2.09. The lowest BCUT2D eigenvalue weighted by molar-refractivity contribution is 0.996. The molecule has 0 saturated heterocycles. The monoisotopic (exact) mass is 283 g/mol. The SMILES string of the molecule is CCc1csc(CNc2nc(N)nc(C)c2Cl)n1. The summed E-state index contributed by atoms with van der Waals surface area (Å²) in [5, 5.41) is 6.68. The molecule has 7 heteroatoms. The number of rotatable bonds is 4. The Morgan fingerprint density at radius 1 is 1.39 bits per heavy atom. The lowest BCUT2D eigenvalue weighted by atomic mass is 10.4. The quantitative estimate of drug-likeness (QED) is 0.902. The molecule has 2 aromatic rings. The Morgan fingerprint density at radius 3 is 2.83 bits per heavy atom. The van der Waals surface area contributed by atoms with Crippen molar-refractivity contribution in [1.82, 2.24) is 15.0 Å². The number of aromatic nitrogens is 3. The van der Waals surface area contributed by atoms with Gasteiger partial charge in [-0.15, -0.1) is 11.3 Å². The van der Waals surface area contributed by atoms with Crippen LogP contribution in [-0.2, 0) is 13.0 Å². The van der Waals surface area contributed by atoms with Crippen molar-refractivity contribution in [3.8, 4) is 0 Å². The summed E-state index contributed by atoms with van der Waals surface area (Å²) in [7, 11) is 0. The van der Waals surface area contributed by atoms with Gasteiger partial charge in [0.15, 0.2) is 5.82 Å². The van der Waals surface area contributed by atoms with Gasteiger partial charge in [-0.1, -0.05) is 18.5 Å². The zero-order chi connectivity index (χ0) is 13.1. The number of hydrogen-bond donors (Lipinski definition) is 2. The van der Waals surface area contributed by atoms with Gasteiger partial charge in [0.1, 0.15) is 10.0 Å². The first-order chi connectivity index (χ1) is 8.60. The molecule has 0 aliphatic carbocycles. The first-order valence-corrected chi connectivity index (χ1v) is 6.82. The third-order valence-electron chi connectivity index (χ3n) is 2.40. The fourth-order valence-corrected chi connectivity index (χ4v) is 2.42. The van der Waals surface area contributed by atoms with Crippen LogP contribution in [-0.4, -0.2) is 15.0 Å². The smallest absolute Gasteiger partial charge is 0.222 e. The number of halogens is 1. The van der Waals surface area contributed by atoms with Crippen LogP contribution < -0.4 is 11.1 Å². The number of nitrogen functional groups attached to an aromatic ring is 1. The Kier molecular flexibility index (Phi) is 3.98. The molecule has 0 amide bonds. The number of nitrogens with one attached hydrogen (secondary N) is 1. The van der Waals surface area contributed by atoms with Gasteiger partial charge < -0.3 is 11.1 Å². The van der Waals surface area contributed by atoms with Gasteiger partial charge in [-0.05, 0) is 13.3 Å². The fraction of sp³-hybridized carbons (Fsp3) is 0.364. The molecule has 0 saturated carbocycles. The molecule has 0 aromatic carbocycles. The Hall–Kier alpha value is -1.40. The molecule has 0 fully saturated rings. The van der Waals surface area contributed by atoms with E-state index in [1.54, 1.807) is 18.3 Å². The molecule has 0 radical (unpaired) electrons. The molecule has 0 unspecified atom stereocenters. The maximum absolute atomic E-state index is 6.10. The Balaban J connectivity index is 2.10. The van der Waals surface area contributed by atoms with E-state index in [2.05, 4.69) is 32.6 Å². The molecule has 3 N–H and O–H groups in total. The predicted octanol–water partition coefficient (Wildman–Crippen LogP) is 2.65. The third kappa shape index (κ3) is 2.88. The van der Waals surface area contributed by atoms with Gasteiger partial charge >= 0.3 is 0 Å². The molecule has 2 rings (SSSR count). The van der Waals surface area contributed by atoms with Crippen molar-refractivity contribution in [2.24, 2.45) is 0 Å². The van der Waals surface area contributed by atoms with Crippen molar-refractivity contribution in [2.75, 3.05) is 11.1 Å². The van der Waals surface area contributed by atoms with Crippen molar-refractivity contribution in [3.05, 3.63) is 26.8 Å². The van der Waals surface area contributed by atoms with E-state index in [0.717, 1.165) is 17.1 Å². The maximum Gasteiger partial charge on any atom is 0.222 e. The van der Waals surface area contributed by atoms with Gasteiger partial charge in [0.05, 0.1) is 17.9 Å². The summed E-state index contributed by atoms with van der Waals surface area (Å²) in [5.41, 5.74) is 7.35. The summed E-state index contributed by atoms with van der Waals surface area (Å²) in [6.07, 6.45) is 0.941. The first kappa shape index (κ1) is 13.0. The van der Waals surface area contributed by atoms with Crippen LogP contribution in [0.15, 0.2) is 5.38 Å². The van der Waals surface area contributed by atoms with E-state index in [-0.39, 0.29) is 5.95 Å². The highest BCUT2D eigenvalue weighted by Crippen LogP contribution is 2.23. The molecule has 18 heavy (non-hydrogen) atoms. The van der Waals surface area contributed by atoms with E-state index in [4.69, 9.17) is 17.3 Å². The molecule has 5 nitrogen and oxygen atoms in total. The minimum atomic E-state index is 0.216. The third-order valence-corrected chi connectivity index (χ3v) is 3.75.